The fourth-order valence-corrected chi connectivity index (χ4v) is 2.93. The van der Waals surface area contributed by atoms with Gasteiger partial charge in [-0.15, -0.1) is 0 Å². The molecule has 0 N–H and O–H groups in total. The van der Waals surface area contributed by atoms with Crippen LogP contribution in [0.3, 0.4) is 0 Å². The first-order valence-electron chi connectivity index (χ1n) is 9.10. The average Bonchev–Trinajstić information content (AvgIpc) is 3.29. The van der Waals surface area contributed by atoms with Gasteiger partial charge in [0.15, 0.2) is 0 Å². The minimum absolute atomic E-state index is 0.395. The highest BCUT2D eigenvalue weighted by Crippen LogP contribution is 2.31. The molecule has 0 atom stereocenters. The van der Waals surface area contributed by atoms with Crippen LogP contribution in [0, 0.1) is 31.6 Å². The summed E-state index contributed by atoms with van der Waals surface area (Å²) in [6.45, 7) is 0. The molecule has 0 saturated heterocycles. The van der Waals surface area contributed by atoms with Crippen LogP contribution in [0.1, 0.15) is 21.5 Å². The van der Waals surface area contributed by atoms with Crippen molar-refractivity contribution in [1.82, 2.24) is 0 Å². The van der Waals surface area contributed by atoms with Crippen LogP contribution in [0.5, 0.6) is 0 Å². The second kappa shape index (κ2) is 9.87. The number of allylic oxidation sites excluding steroid dienone is 3. The van der Waals surface area contributed by atoms with Crippen molar-refractivity contribution < 1.29 is 19.1 Å². The van der Waals surface area contributed by atoms with Crippen molar-refractivity contribution in [3.63, 3.8) is 0 Å². The lowest BCUT2D eigenvalue weighted by atomic mass is 9.94. The first-order chi connectivity index (χ1) is 14.1. The minimum Gasteiger partial charge on any atom is -0.465 e. The Balaban J connectivity index is 2.05. The fourth-order valence-electron chi connectivity index (χ4n) is 2.93. The molecular formula is C25H21O4. The molecule has 3 rings (SSSR count). The molecule has 4 nitrogen and oxygen atoms in total. The number of rotatable bonds is 6. The van der Waals surface area contributed by atoms with E-state index in [1.165, 1.54) is 14.2 Å². The van der Waals surface area contributed by atoms with Gasteiger partial charge in [-0.1, -0.05) is 48.5 Å². The zero-order valence-corrected chi connectivity index (χ0v) is 16.3. The monoisotopic (exact) mass is 385 g/mol. The van der Waals surface area contributed by atoms with E-state index in [4.69, 9.17) is 9.47 Å². The number of carbonyl (C=O) groups excluding carboxylic acids is 2. The summed E-state index contributed by atoms with van der Waals surface area (Å²) in [6.07, 6.45) is 11.7. The van der Waals surface area contributed by atoms with Crippen molar-refractivity contribution in [1.29, 1.82) is 0 Å². The predicted molar refractivity (Wildman–Crippen MR) is 113 cm³/mol. The highest BCUT2D eigenvalue weighted by atomic mass is 16.5. The lowest BCUT2D eigenvalue weighted by Crippen LogP contribution is -2.05. The Morgan fingerprint density at radius 1 is 0.759 bits per heavy atom. The number of hydrogen-bond donors (Lipinski definition) is 0. The first kappa shape index (κ1) is 20.6. The third-order valence-corrected chi connectivity index (χ3v) is 4.44. The van der Waals surface area contributed by atoms with Gasteiger partial charge in [-0.05, 0) is 60.6 Å². The molecule has 0 amide bonds. The molecular weight excluding hydrogens is 364 g/mol. The van der Waals surface area contributed by atoms with Gasteiger partial charge in [0.1, 0.15) is 0 Å². The molecule has 29 heavy (non-hydrogen) atoms. The van der Waals surface area contributed by atoms with Crippen LogP contribution in [0.4, 0.5) is 0 Å². The lowest BCUT2D eigenvalue weighted by Gasteiger charge is -2.11. The Morgan fingerprint density at radius 3 is 1.97 bits per heavy atom. The zero-order chi connectivity index (χ0) is 20.6. The molecule has 4 heteroatoms. The highest BCUT2D eigenvalue weighted by molar-refractivity contribution is 6.18. The number of hydrogen-bond acceptors (Lipinski definition) is 4. The van der Waals surface area contributed by atoms with Crippen molar-refractivity contribution >= 4 is 23.1 Å². The fraction of sp³-hybridized carbons (Fsp3) is 0.0800. The summed E-state index contributed by atoms with van der Waals surface area (Å²) in [4.78, 5) is 24.2. The van der Waals surface area contributed by atoms with Crippen LogP contribution in [-0.2, 0) is 14.3 Å². The van der Waals surface area contributed by atoms with Gasteiger partial charge in [-0.3, -0.25) is 0 Å². The zero-order valence-electron chi connectivity index (χ0n) is 16.3. The van der Waals surface area contributed by atoms with Gasteiger partial charge in [0.05, 0.1) is 25.4 Å². The van der Waals surface area contributed by atoms with E-state index in [9.17, 15) is 9.59 Å². The number of benzene rings is 2. The molecule has 5 radical (unpaired) electrons. The summed E-state index contributed by atoms with van der Waals surface area (Å²) in [5, 5.41) is 0. The maximum Gasteiger partial charge on any atom is 0.338 e. The van der Waals surface area contributed by atoms with E-state index in [0.717, 1.165) is 22.6 Å². The van der Waals surface area contributed by atoms with Gasteiger partial charge in [0.2, 0.25) is 0 Å². The number of esters is 2. The van der Waals surface area contributed by atoms with Crippen molar-refractivity contribution in [2.45, 2.75) is 0 Å². The molecule has 0 spiro atoms. The number of methoxy groups -OCH3 is 2. The van der Waals surface area contributed by atoms with Crippen LogP contribution < -0.4 is 0 Å². The Bertz CT molecular complexity index is 902. The van der Waals surface area contributed by atoms with Gasteiger partial charge >= 0.3 is 11.9 Å². The van der Waals surface area contributed by atoms with Gasteiger partial charge in [0.25, 0.3) is 0 Å². The normalized spacial score (nSPS) is 15.2. The molecule has 1 aliphatic carbocycles. The maximum absolute atomic E-state index is 12.5. The minimum atomic E-state index is -0.421. The Kier molecular flexibility index (Phi) is 7.01. The third-order valence-electron chi connectivity index (χ3n) is 4.44. The smallest absolute Gasteiger partial charge is 0.338 e. The molecule has 0 aromatic heterocycles. The Labute approximate surface area is 171 Å². The second-order valence-electron chi connectivity index (χ2n) is 6.30. The van der Waals surface area contributed by atoms with E-state index in [0.29, 0.717) is 11.1 Å². The molecule has 0 aliphatic heterocycles. The van der Waals surface area contributed by atoms with Crippen molar-refractivity contribution in [2.24, 2.45) is 0 Å². The van der Waals surface area contributed by atoms with Gasteiger partial charge in [0, 0.05) is 5.92 Å². The quantitative estimate of drug-likeness (QED) is 0.417. The summed E-state index contributed by atoms with van der Waals surface area (Å²) in [6, 6.07) is 16.4. The van der Waals surface area contributed by atoms with Crippen molar-refractivity contribution in [2.75, 3.05) is 14.2 Å². The summed E-state index contributed by atoms with van der Waals surface area (Å²) in [7, 11) is 2.72. The van der Waals surface area contributed by atoms with E-state index in [1.807, 2.05) is 74.2 Å². The number of carbonyl (C=O) groups is 2. The molecule has 1 saturated carbocycles. The Hall–Kier alpha value is -3.14. The SMILES string of the molecule is COC(=O)/C(=C/C(=C\[C]1[CH][CH][CH][CH]1)c1ccc(C(=O)OC)cc1)c1ccccc1. The van der Waals surface area contributed by atoms with E-state index in [2.05, 4.69) is 0 Å². The average molecular weight is 385 g/mol. The molecule has 0 bridgehead atoms. The lowest BCUT2D eigenvalue weighted by molar-refractivity contribution is -0.133. The summed E-state index contributed by atoms with van der Waals surface area (Å²) < 4.78 is 9.77. The van der Waals surface area contributed by atoms with E-state index in [-0.39, 0.29) is 0 Å². The molecule has 0 heterocycles. The maximum atomic E-state index is 12.5. The second-order valence-corrected chi connectivity index (χ2v) is 6.30. The molecule has 0 unspecified atom stereocenters. The standard InChI is InChI=1S/C25H21O4/c1-28-24(26)21-14-12-19(13-15-21)22(16-18-8-6-7-9-18)17-23(25(27)29-2)20-10-4-3-5-11-20/h3-17H,1-2H3/b22-16+,23-17+. The summed E-state index contributed by atoms with van der Waals surface area (Å²) >= 11 is 0. The molecule has 1 fully saturated rings. The highest BCUT2D eigenvalue weighted by Gasteiger charge is 2.18. The van der Waals surface area contributed by atoms with Gasteiger partial charge in [-0.25, -0.2) is 9.59 Å². The molecule has 2 aromatic rings. The molecule has 1 aliphatic rings. The Morgan fingerprint density at radius 2 is 1.38 bits per heavy atom. The molecule has 2 aromatic carbocycles. The van der Waals surface area contributed by atoms with Crippen molar-refractivity contribution in [3.05, 3.63) is 115 Å². The van der Waals surface area contributed by atoms with Crippen LogP contribution >= 0.6 is 0 Å². The van der Waals surface area contributed by atoms with Crippen LogP contribution in [0.15, 0.2) is 66.7 Å². The first-order valence-corrected chi connectivity index (χ1v) is 9.10. The van der Waals surface area contributed by atoms with E-state index < -0.39 is 11.9 Å². The topological polar surface area (TPSA) is 52.6 Å². The van der Waals surface area contributed by atoms with Gasteiger partial charge in [-0.2, -0.15) is 0 Å². The molecule has 145 valence electrons. The van der Waals surface area contributed by atoms with Crippen LogP contribution in [0.2, 0.25) is 0 Å². The van der Waals surface area contributed by atoms with Gasteiger partial charge < -0.3 is 9.47 Å². The third kappa shape index (κ3) is 5.23. The largest absolute Gasteiger partial charge is 0.465 e. The van der Waals surface area contributed by atoms with Crippen molar-refractivity contribution in [3.8, 4) is 0 Å². The van der Waals surface area contributed by atoms with Crippen LogP contribution in [0.25, 0.3) is 11.1 Å². The van der Waals surface area contributed by atoms with Crippen LogP contribution in [-0.4, -0.2) is 26.2 Å². The van der Waals surface area contributed by atoms with E-state index in [1.54, 1.807) is 18.2 Å². The number of ether oxygens (including phenoxy) is 2. The summed E-state index contributed by atoms with van der Waals surface area (Å²) in [5.74, 6) is 0.189. The summed E-state index contributed by atoms with van der Waals surface area (Å²) in [5.41, 5.74) is 3.35. The van der Waals surface area contributed by atoms with E-state index >= 15 is 0 Å². The predicted octanol–water partition coefficient (Wildman–Crippen LogP) is 4.52.